The molecular formula is C15H24N4O2. The third kappa shape index (κ3) is 8.19. The number of nitrogens with zero attached hydrogens (tertiary/aromatic N) is 3. The molecule has 1 atom stereocenters. The maximum absolute atomic E-state index is 9.75. The average molecular weight is 292 g/mol. The topological polar surface area (TPSA) is 90.2 Å². The SMILES string of the molecule is CC(C)NC[C@H](O)COc1ccc(CCCN=[N+]=[N-])cc1. The van der Waals surface area contributed by atoms with E-state index in [0.29, 0.717) is 19.1 Å². The first-order chi connectivity index (χ1) is 10.1. The Morgan fingerprint density at radius 3 is 2.67 bits per heavy atom. The van der Waals surface area contributed by atoms with Gasteiger partial charge in [0.05, 0.1) is 0 Å². The highest BCUT2D eigenvalue weighted by atomic mass is 16.5. The molecule has 0 unspecified atom stereocenters. The number of aliphatic hydroxyl groups excluding tert-OH is 1. The van der Waals surface area contributed by atoms with E-state index in [1.165, 1.54) is 5.56 Å². The Kier molecular flexibility index (Phi) is 8.28. The van der Waals surface area contributed by atoms with Gasteiger partial charge in [0.1, 0.15) is 18.5 Å². The summed E-state index contributed by atoms with van der Waals surface area (Å²) in [5.74, 6) is 0.748. The van der Waals surface area contributed by atoms with Gasteiger partial charge >= 0.3 is 0 Å². The predicted molar refractivity (Wildman–Crippen MR) is 83.4 cm³/mol. The zero-order valence-electron chi connectivity index (χ0n) is 12.7. The molecular weight excluding hydrogens is 268 g/mol. The number of benzene rings is 1. The van der Waals surface area contributed by atoms with Crippen LogP contribution in [0, 0.1) is 0 Å². The Labute approximate surface area is 125 Å². The highest BCUT2D eigenvalue weighted by Crippen LogP contribution is 2.13. The van der Waals surface area contributed by atoms with E-state index in [0.717, 1.165) is 18.6 Å². The summed E-state index contributed by atoms with van der Waals surface area (Å²) in [6, 6.07) is 8.12. The molecule has 0 aliphatic rings. The number of azide groups is 1. The maximum Gasteiger partial charge on any atom is 0.119 e. The molecule has 1 aromatic carbocycles. The Morgan fingerprint density at radius 2 is 2.05 bits per heavy atom. The second-order valence-electron chi connectivity index (χ2n) is 5.23. The van der Waals surface area contributed by atoms with Crippen molar-refractivity contribution in [3.05, 3.63) is 40.3 Å². The number of hydrogen-bond acceptors (Lipinski definition) is 4. The van der Waals surface area contributed by atoms with Crippen LogP contribution in [-0.4, -0.2) is 36.9 Å². The van der Waals surface area contributed by atoms with Crippen LogP contribution in [0.1, 0.15) is 25.8 Å². The standard InChI is InChI=1S/C15H24N4O2/c1-12(2)17-10-14(20)11-21-15-7-5-13(6-8-15)4-3-9-18-19-16/h5-8,12,14,17,20H,3-4,9-11H2,1-2H3/t14-/m0/s1. The van der Waals surface area contributed by atoms with Crippen molar-refractivity contribution in [2.45, 2.75) is 38.8 Å². The first-order valence-corrected chi connectivity index (χ1v) is 7.26. The summed E-state index contributed by atoms with van der Waals surface area (Å²) in [5, 5.41) is 16.4. The normalized spacial score (nSPS) is 12.0. The largest absolute Gasteiger partial charge is 0.491 e. The van der Waals surface area contributed by atoms with Gasteiger partial charge in [-0.15, -0.1) is 0 Å². The number of hydrogen-bond donors (Lipinski definition) is 2. The van der Waals surface area contributed by atoms with E-state index in [4.69, 9.17) is 10.3 Å². The average Bonchev–Trinajstić information content (AvgIpc) is 2.48. The van der Waals surface area contributed by atoms with Crippen molar-refractivity contribution in [1.29, 1.82) is 0 Å². The second kappa shape index (κ2) is 10.0. The van der Waals surface area contributed by atoms with Crippen LogP contribution in [0.5, 0.6) is 5.75 Å². The van der Waals surface area contributed by atoms with Gasteiger partial charge in [0.2, 0.25) is 0 Å². The van der Waals surface area contributed by atoms with E-state index in [-0.39, 0.29) is 6.61 Å². The number of aliphatic hydroxyl groups is 1. The van der Waals surface area contributed by atoms with Crippen molar-refractivity contribution < 1.29 is 9.84 Å². The van der Waals surface area contributed by atoms with Gasteiger partial charge in [0, 0.05) is 24.0 Å². The lowest BCUT2D eigenvalue weighted by atomic mass is 10.1. The van der Waals surface area contributed by atoms with Crippen LogP contribution in [-0.2, 0) is 6.42 Å². The first-order valence-electron chi connectivity index (χ1n) is 7.26. The van der Waals surface area contributed by atoms with Gasteiger partial charge in [-0.3, -0.25) is 0 Å². The number of nitrogens with one attached hydrogen (secondary N) is 1. The fourth-order valence-electron chi connectivity index (χ4n) is 1.77. The Hall–Kier alpha value is -1.75. The van der Waals surface area contributed by atoms with Crippen LogP contribution in [0.25, 0.3) is 10.4 Å². The van der Waals surface area contributed by atoms with Crippen molar-refractivity contribution in [2.24, 2.45) is 5.11 Å². The molecule has 0 aliphatic carbocycles. The van der Waals surface area contributed by atoms with Crippen molar-refractivity contribution in [3.63, 3.8) is 0 Å². The molecule has 0 saturated carbocycles. The van der Waals surface area contributed by atoms with Gasteiger partial charge in [0.15, 0.2) is 0 Å². The molecule has 0 radical (unpaired) electrons. The lowest BCUT2D eigenvalue weighted by Crippen LogP contribution is -2.35. The molecule has 0 aromatic heterocycles. The lowest BCUT2D eigenvalue weighted by Gasteiger charge is -2.15. The third-order valence-electron chi connectivity index (χ3n) is 2.91. The molecule has 0 bridgehead atoms. The molecule has 1 aromatic rings. The highest BCUT2D eigenvalue weighted by molar-refractivity contribution is 5.27. The van der Waals surface area contributed by atoms with Crippen LogP contribution < -0.4 is 10.1 Å². The van der Waals surface area contributed by atoms with Crippen molar-refractivity contribution >= 4 is 0 Å². The number of rotatable bonds is 10. The minimum absolute atomic E-state index is 0.274. The van der Waals surface area contributed by atoms with Gasteiger partial charge in [-0.1, -0.05) is 31.1 Å². The summed E-state index contributed by atoms with van der Waals surface area (Å²) in [6.45, 7) is 5.39. The van der Waals surface area contributed by atoms with Gasteiger partial charge in [-0.25, -0.2) is 0 Å². The number of ether oxygens (including phenoxy) is 1. The second-order valence-corrected chi connectivity index (χ2v) is 5.23. The van der Waals surface area contributed by atoms with Crippen LogP contribution in [0.4, 0.5) is 0 Å². The molecule has 6 heteroatoms. The van der Waals surface area contributed by atoms with Crippen LogP contribution >= 0.6 is 0 Å². The smallest absolute Gasteiger partial charge is 0.119 e. The lowest BCUT2D eigenvalue weighted by molar-refractivity contribution is 0.104. The Morgan fingerprint density at radius 1 is 1.33 bits per heavy atom. The molecule has 2 N–H and O–H groups in total. The van der Waals surface area contributed by atoms with Crippen molar-refractivity contribution in [1.82, 2.24) is 5.32 Å². The molecule has 1 rings (SSSR count). The van der Waals surface area contributed by atoms with Gasteiger partial charge < -0.3 is 15.2 Å². The third-order valence-corrected chi connectivity index (χ3v) is 2.91. The summed E-state index contributed by atoms with van der Waals surface area (Å²) in [7, 11) is 0. The van der Waals surface area contributed by atoms with E-state index in [9.17, 15) is 5.11 Å². The summed E-state index contributed by atoms with van der Waals surface area (Å²) in [4.78, 5) is 2.72. The van der Waals surface area contributed by atoms with E-state index in [1.54, 1.807) is 0 Å². The van der Waals surface area contributed by atoms with Gasteiger partial charge in [-0.2, -0.15) is 0 Å². The Bertz CT molecular complexity index is 441. The summed E-state index contributed by atoms with van der Waals surface area (Å²) >= 11 is 0. The monoisotopic (exact) mass is 292 g/mol. The molecule has 0 spiro atoms. The maximum atomic E-state index is 9.75. The zero-order valence-corrected chi connectivity index (χ0v) is 12.7. The minimum Gasteiger partial charge on any atom is -0.491 e. The molecule has 21 heavy (non-hydrogen) atoms. The van der Waals surface area contributed by atoms with E-state index in [1.807, 2.05) is 38.1 Å². The van der Waals surface area contributed by atoms with Crippen LogP contribution in [0.3, 0.4) is 0 Å². The minimum atomic E-state index is -0.518. The van der Waals surface area contributed by atoms with Gasteiger partial charge in [0.25, 0.3) is 0 Å². The van der Waals surface area contributed by atoms with E-state index >= 15 is 0 Å². The fourth-order valence-corrected chi connectivity index (χ4v) is 1.77. The van der Waals surface area contributed by atoms with Crippen molar-refractivity contribution in [3.8, 4) is 5.75 Å². The fraction of sp³-hybridized carbons (Fsp3) is 0.600. The van der Waals surface area contributed by atoms with Crippen molar-refractivity contribution in [2.75, 3.05) is 19.7 Å². The summed E-state index contributed by atoms with van der Waals surface area (Å²) < 4.78 is 5.54. The molecule has 116 valence electrons. The molecule has 6 nitrogen and oxygen atoms in total. The summed E-state index contributed by atoms with van der Waals surface area (Å²) in [5.41, 5.74) is 9.37. The van der Waals surface area contributed by atoms with E-state index < -0.39 is 6.10 Å². The molecule has 0 amide bonds. The molecule has 0 aliphatic heterocycles. The zero-order chi connectivity index (χ0) is 15.5. The number of aryl methyl sites for hydroxylation is 1. The van der Waals surface area contributed by atoms with Crippen LogP contribution in [0.15, 0.2) is 29.4 Å². The van der Waals surface area contributed by atoms with E-state index in [2.05, 4.69) is 15.3 Å². The highest BCUT2D eigenvalue weighted by Gasteiger charge is 2.05. The van der Waals surface area contributed by atoms with Gasteiger partial charge in [-0.05, 0) is 36.1 Å². The first kappa shape index (κ1) is 17.3. The predicted octanol–water partition coefficient (Wildman–Crippen LogP) is 2.67. The molecule has 0 heterocycles. The molecule has 0 saturated heterocycles. The Balaban J connectivity index is 2.28. The van der Waals surface area contributed by atoms with Crippen LogP contribution in [0.2, 0.25) is 0 Å². The molecule has 0 fully saturated rings. The summed E-state index contributed by atoms with van der Waals surface area (Å²) in [6.07, 6.45) is 1.19. The quantitative estimate of drug-likeness (QED) is 0.300.